The van der Waals surface area contributed by atoms with Crippen LogP contribution in [-0.2, 0) is 0 Å². The molecule has 17 heavy (non-hydrogen) atoms. The molecule has 0 aromatic heterocycles. The molecular formula is C17H32. The molecule has 0 heteroatoms. The van der Waals surface area contributed by atoms with Crippen LogP contribution in [0, 0.1) is 11.8 Å². The van der Waals surface area contributed by atoms with E-state index in [1.54, 1.807) is 6.08 Å². The van der Waals surface area contributed by atoms with Crippen LogP contribution >= 0.6 is 0 Å². The van der Waals surface area contributed by atoms with Crippen LogP contribution < -0.4 is 0 Å². The van der Waals surface area contributed by atoms with Crippen LogP contribution in [0.2, 0.25) is 0 Å². The third kappa shape index (κ3) is 13.2. The minimum absolute atomic E-state index is 0.597. The van der Waals surface area contributed by atoms with Crippen LogP contribution in [0.5, 0.6) is 0 Å². The largest absolute Gasteiger partial charge is 0.0991 e. The molecule has 2 atom stereocenters. The monoisotopic (exact) mass is 236 g/mol. The second-order valence-corrected chi connectivity index (χ2v) is 4.87. The predicted molar refractivity (Wildman–Crippen MR) is 82.3 cm³/mol. The standard InChI is InChI=1S/C14H24.C3H8/c1-6-8-9-13(4)14(5)11-10-12(3)7-2;1-3-2/h6,8-9,12,14H,1,4,7,10-11H2,2-3,5H3;3H2,1-2H3/b9-8-;. The molecule has 0 aromatic rings. The minimum atomic E-state index is 0.597. The average Bonchev–Trinajstić information content (AvgIpc) is 2.33. The summed E-state index contributed by atoms with van der Waals surface area (Å²) < 4.78 is 0. The van der Waals surface area contributed by atoms with Crippen molar-refractivity contribution in [3.8, 4) is 0 Å². The molecule has 0 saturated heterocycles. The van der Waals surface area contributed by atoms with E-state index in [0.29, 0.717) is 5.92 Å². The van der Waals surface area contributed by atoms with Crippen molar-refractivity contribution in [2.45, 2.75) is 60.3 Å². The van der Waals surface area contributed by atoms with Gasteiger partial charge in [0.1, 0.15) is 0 Å². The zero-order valence-electron chi connectivity index (χ0n) is 12.6. The van der Waals surface area contributed by atoms with Gasteiger partial charge in [0, 0.05) is 0 Å². The molecule has 0 rings (SSSR count). The molecule has 0 heterocycles. The molecule has 0 radical (unpaired) electrons. The Hall–Kier alpha value is -0.780. The molecule has 0 aromatic carbocycles. The van der Waals surface area contributed by atoms with Crippen molar-refractivity contribution in [2.24, 2.45) is 11.8 Å². The number of rotatable bonds is 7. The maximum atomic E-state index is 4.06. The Morgan fingerprint density at radius 3 is 2.06 bits per heavy atom. The Bertz CT molecular complexity index is 210. The summed E-state index contributed by atoms with van der Waals surface area (Å²) in [6.07, 6.45) is 10.9. The molecule has 2 unspecified atom stereocenters. The maximum Gasteiger partial charge on any atom is -0.0196 e. The summed E-state index contributed by atoms with van der Waals surface area (Å²) in [7, 11) is 0. The number of hydrogen-bond donors (Lipinski definition) is 0. The lowest BCUT2D eigenvalue weighted by molar-refractivity contribution is 0.454. The quantitative estimate of drug-likeness (QED) is 0.464. The lowest BCUT2D eigenvalue weighted by atomic mass is 9.92. The van der Waals surface area contributed by atoms with Gasteiger partial charge in [0.2, 0.25) is 0 Å². The van der Waals surface area contributed by atoms with Crippen molar-refractivity contribution in [2.75, 3.05) is 0 Å². The van der Waals surface area contributed by atoms with Crippen LogP contribution in [-0.4, -0.2) is 0 Å². The van der Waals surface area contributed by atoms with Crippen LogP contribution in [0.25, 0.3) is 0 Å². The summed E-state index contributed by atoms with van der Waals surface area (Å²) in [5.74, 6) is 1.44. The summed E-state index contributed by atoms with van der Waals surface area (Å²) in [6.45, 7) is 18.8. The Morgan fingerprint density at radius 1 is 1.12 bits per heavy atom. The molecule has 100 valence electrons. The van der Waals surface area contributed by atoms with E-state index in [-0.39, 0.29) is 0 Å². The highest BCUT2D eigenvalue weighted by Gasteiger charge is 2.06. The average molecular weight is 236 g/mol. The van der Waals surface area contributed by atoms with Gasteiger partial charge in [-0.1, -0.05) is 90.8 Å². The molecule has 0 nitrogen and oxygen atoms in total. The molecule has 0 bridgehead atoms. The van der Waals surface area contributed by atoms with Crippen LogP contribution in [0.1, 0.15) is 60.3 Å². The molecule has 0 amide bonds. The molecular weight excluding hydrogens is 204 g/mol. The van der Waals surface area contributed by atoms with E-state index >= 15 is 0 Å². The lowest BCUT2D eigenvalue weighted by Gasteiger charge is -2.14. The van der Waals surface area contributed by atoms with Gasteiger partial charge in [-0.15, -0.1) is 0 Å². The van der Waals surface area contributed by atoms with E-state index in [2.05, 4.69) is 53.9 Å². The van der Waals surface area contributed by atoms with Gasteiger partial charge in [-0.2, -0.15) is 0 Å². The zero-order chi connectivity index (χ0) is 13.7. The van der Waals surface area contributed by atoms with Gasteiger partial charge in [-0.05, 0) is 18.3 Å². The van der Waals surface area contributed by atoms with Gasteiger partial charge in [-0.25, -0.2) is 0 Å². The third-order valence-corrected chi connectivity index (χ3v) is 2.87. The van der Waals surface area contributed by atoms with E-state index in [4.69, 9.17) is 0 Å². The zero-order valence-corrected chi connectivity index (χ0v) is 12.6. The van der Waals surface area contributed by atoms with Gasteiger partial charge in [-0.3, -0.25) is 0 Å². The first-order valence-electron chi connectivity index (χ1n) is 7.01. The Balaban J connectivity index is 0. The fraction of sp³-hybridized carbons (Fsp3) is 0.647. The second kappa shape index (κ2) is 13.3. The van der Waals surface area contributed by atoms with Crippen LogP contribution in [0.4, 0.5) is 0 Å². The highest BCUT2D eigenvalue weighted by atomic mass is 14.1. The van der Waals surface area contributed by atoms with Crippen molar-refractivity contribution in [3.63, 3.8) is 0 Å². The van der Waals surface area contributed by atoms with Crippen molar-refractivity contribution in [3.05, 3.63) is 37.0 Å². The summed E-state index contributed by atoms with van der Waals surface area (Å²) in [4.78, 5) is 0. The molecule has 0 aliphatic heterocycles. The molecule has 0 spiro atoms. The van der Waals surface area contributed by atoms with Crippen molar-refractivity contribution >= 4 is 0 Å². The summed E-state index contributed by atoms with van der Waals surface area (Å²) in [5, 5.41) is 0. The van der Waals surface area contributed by atoms with E-state index in [1.165, 1.54) is 31.3 Å². The van der Waals surface area contributed by atoms with Crippen molar-refractivity contribution < 1.29 is 0 Å². The Kier molecular flexibility index (Phi) is 14.5. The first kappa shape index (κ1) is 18.6. The summed E-state index contributed by atoms with van der Waals surface area (Å²) in [6, 6.07) is 0. The van der Waals surface area contributed by atoms with Crippen LogP contribution in [0.3, 0.4) is 0 Å². The maximum absolute atomic E-state index is 4.06. The Morgan fingerprint density at radius 2 is 1.65 bits per heavy atom. The topological polar surface area (TPSA) is 0 Å². The predicted octanol–water partition coefficient (Wildman–Crippen LogP) is 6.16. The van der Waals surface area contributed by atoms with Crippen LogP contribution in [0.15, 0.2) is 37.0 Å². The third-order valence-electron chi connectivity index (χ3n) is 2.87. The van der Waals surface area contributed by atoms with E-state index in [0.717, 1.165) is 5.92 Å². The van der Waals surface area contributed by atoms with Gasteiger partial charge >= 0.3 is 0 Å². The number of allylic oxidation sites excluding steroid dienone is 4. The van der Waals surface area contributed by atoms with E-state index < -0.39 is 0 Å². The fourth-order valence-corrected chi connectivity index (χ4v) is 1.28. The first-order valence-corrected chi connectivity index (χ1v) is 7.01. The van der Waals surface area contributed by atoms with Gasteiger partial charge in [0.15, 0.2) is 0 Å². The summed E-state index contributed by atoms with van der Waals surface area (Å²) >= 11 is 0. The van der Waals surface area contributed by atoms with E-state index in [9.17, 15) is 0 Å². The number of hydrogen-bond acceptors (Lipinski definition) is 0. The SMILES string of the molecule is C=C/C=C\C(=C)C(C)CCC(C)CC.CCC. The molecule has 0 saturated carbocycles. The first-order chi connectivity index (χ1) is 8.03. The van der Waals surface area contributed by atoms with Crippen molar-refractivity contribution in [1.82, 2.24) is 0 Å². The molecule has 0 N–H and O–H groups in total. The van der Waals surface area contributed by atoms with E-state index in [1.807, 2.05) is 6.08 Å². The van der Waals surface area contributed by atoms with Gasteiger partial charge in [0.25, 0.3) is 0 Å². The molecule has 0 aliphatic carbocycles. The Labute approximate surface area is 110 Å². The van der Waals surface area contributed by atoms with Crippen molar-refractivity contribution in [1.29, 1.82) is 0 Å². The smallest absolute Gasteiger partial charge is 0.0196 e. The second-order valence-electron chi connectivity index (χ2n) is 4.87. The molecule has 0 fully saturated rings. The lowest BCUT2D eigenvalue weighted by Crippen LogP contribution is -2.00. The molecule has 0 aliphatic rings. The fourth-order valence-electron chi connectivity index (χ4n) is 1.28. The van der Waals surface area contributed by atoms with Gasteiger partial charge in [0.05, 0.1) is 0 Å². The minimum Gasteiger partial charge on any atom is -0.0991 e. The highest BCUT2D eigenvalue weighted by Crippen LogP contribution is 2.20. The van der Waals surface area contributed by atoms with Gasteiger partial charge < -0.3 is 0 Å². The normalized spacial score (nSPS) is 13.7. The highest BCUT2D eigenvalue weighted by molar-refractivity contribution is 5.20. The summed E-state index contributed by atoms with van der Waals surface area (Å²) in [5.41, 5.74) is 1.22.